The molecule has 0 aliphatic carbocycles. The van der Waals surface area contributed by atoms with E-state index in [0.717, 1.165) is 0 Å². The summed E-state index contributed by atoms with van der Waals surface area (Å²) in [5.41, 5.74) is 0. The van der Waals surface area contributed by atoms with Crippen molar-refractivity contribution in [1.82, 2.24) is 5.32 Å². The lowest BCUT2D eigenvalue weighted by Crippen LogP contribution is -2.42. The minimum absolute atomic E-state index is 0.00606. The van der Waals surface area contributed by atoms with E-state index in [0.29, 0.717) is 0 Å². The van der Waals surface area contributed by atoms with E-state index in [2.05, 4.69) is 5.32 Å². The van der Waals surface area contributed by atoms with E-state index in [4.69, 9.17) is 9.84 Å². The first kappa shape index (κ1) is 8.00. The second-order valence-electron chi connectivity index (χ2n) is 2.41. The molecule has 1 fully saturated rings. The number of amides is 1. The molecule has 2 atom stereocenters. The van der Waals surface area contributed by atoms with Gasteiger partial charge in [0.25, 0.3) is 0 Å². The van der Waals surface area contributed by atoms with Gasteiger partial charge in [-0.1, -0.05) is 0 Å². The number of rotatable bonds is 1. The molecule has 0 aromatic carbocycles. The first-order valence-electron chi connectivity index (χ1n) is 3.25. The van der Waals surface area contributed by atoms with Crippen molar-refractivity contribution in [2.45, 2.75) is 19.1 Å². The molecule has 11 heavy (non-hydrogen) atoms. The molecule has 5 heteroatoms. The molecule has 1 aliphatic rings. The van der Waals surface area contributed by atoms with Gasteiger partial charge in [0.05, 0.1) is 6.10 Å². The lowest BCUT2D eigenvalue weighted by Gasteiger charge is -2.10. The van der Waals surface area contributed by atoms with Gasteiger partial charge in [-0.25, -0.2) is 4.79 Å². The molecule has 1 saturated heterocycles. The van der Waals surface area contributed by atoms with E-state index in [9.17, 15) is 9.59 Å². The molecule has 0 radical (unpaired) electrons. The summed E-state index contributed by atoms with van der Waals surface area (Å²) in [6, 6.07) is -0.688. The smallest absolute Gasteiger partial charge is 0.405 e. The maximum absolute atomic E-state index is 10.9. The number of hydrogen-bond acceptors (Lipinski definition) is 3. The van der Waals surface area contributed by atoms with Crippen LogP contribution in [-0.2, 0) is 9.53 Å². The lowest BCUT2D eigenvalue weighted by atomic mass is 10.1. The number of carbonyl (C=O) groups excluding carboxylic acids is 1. The average molecular weight is 159 g/mol. The average Bonchev–Trinajstić information content (AvgIpc) is 2.18. The van der Waals surface area contributed by atoms with Gasteiger partial charge in [0.2, 0.25) is 0 Å². The number of ketones is 1. The largest absolute Gasteiger partial charge is 0.465 e. The number of hydrogen-bond donors (Lipinski definition) is 2. The molecule has 1 amide bonds. The van der Waals surface area contributed by atoms with Crippen LogP contribution in [0.1, 0.15) is 6.92 Å². The monoisotopic (exact) mass is 159 g/mol. The minimum atomic E-state index is -1.19. The van der Waals surface area contributed by atoms with Crippen LogP contribution in [0.4, 0.5) is 4.79 Å². The Morgan fingerprint density at radius 3 is 2.82 bits per heavy atom. The van der Waals surface area contributed by atoms with Crippen LogP contribution in [0.3, 0.4) is 0 Å². The Balaban J connectivity index is 2.54. The molecule has 1 heterocycles. The molecule has 0 saturated carbocycles. The Labute approximate surface area is 63.3 Å². The summed E-state index contributed by atoms with van der Waals surface area (Å²) in [7, 11) is 0. The molecule has 0 unspecified atom stereocenters. The van der Waals surface area contributed by atoms with Gasteiger partial charge in [-0.2, -0.15) is 0 Å². The summed E-state index contributed by atoms with van der Waals surface area (Å²) < 4.78 is 4.90. The van der Waals surface area contributed by atoms with E-state index in [-0.39, 0.29) is 18.5 Å². The number of Topliss-reactive ketones (excluding diaryl/α,β-unsaturated/α-hetero) is 1. The summed E-state index contributed by atoms with van der Waals surface area (Å²) in [6.45, 7) is 1.66. The zero-order chi connectivity index (χ0) is 8.43. The molecule has 62 valence electrons. The van der Waals surface area contributed by atoms with E-state index < -0.39 is 12.1 Å². The predicted octanol–water partition coefficient (Wildman–Crippen LogP) is -0.390. The van der Waals surface area contributed by atoms with Gasteiger partial charge in [-0.3, -0.25) is 4.79 Å². The Hall–Kier alpha value is -1.10. The highest BCUT2D eigenvalue weighted by Gasteiger charge is 2.33. The van der Waals surface area contributed by atoms with Crippen LogP contribution in [0.25, 0.3) is 0 Å². The SMILES string of the molecule is C[C@@H]1OCC(=O)[C@@H]1NC(=O)O. The Kier molecular flexibility index (Phi) is 2.09. The Morgan fingerprint density at radius 2 is 2.45 bits per heavy atom. The normalized spacial score (nSPS) is 30.5. The van der Waals surface area contributed by atoms with Crippen molar-refractivity contribution in [1.29, 1.82) is 0 Å². The second kappa shape index (κ2) is 2.87. The fraction of sp³-hybridized carbons (Fsp3) is 0.667. The van der Waals surface area contributed by atoms with Crippen molar-refractivity contribution in [3.05, 3.63) is 0 Å². The van der Waals surface area contributed by atoms with Crippen molar-refractivity contribution >= 4 is 11.9 Å². The molecule has 0 aromatic rings. The van der Waals surface area contributed by atoms with Crippen molar-refractivity contribution in [3.63, 3.8) is 0 Å². The summed E-state index contributed by atoms with van der Waals surface area (Å²) >= 11 is 0. The third-order valence-corrected chi connectivity index (χ3v) is 1.58. The summed E-state index contributed by atoms with van der Waals surface area (Å²) in [6.07, 6.45) is -1.54. The first-order valence-corrected chi connectivity index (χ1v) is 3.25. The highest BCUT2D eigenvalue weighted by Crippen LogP contribution is 2.08. The van der Waals surface area contributed by atoms with Crippen LogP contribution < -0.4 is 5.32 Å². The maximum Gasteiger partial charge on any atom is 0.405 e. The van der Waals surface area contributed by atoms with Gasteiger partial charge in [-0.15, -0.1) is 0 Å². The second-order valence-corrected chi connectivity index (χ2v) is 2.41. The zero-order valence-electron chi connectivity index (χ0n) is 6.03. The van der Waals surface area contributed by atoms with Crippen LogP contribution in [-0.4, -0.2) is 35.7 Å². The highest BCUT2D eigenvalue weighted by atomic mass is 16.5. The van der Waals surface area contributed by atoms with Crippen molar-refractivity contribution in [3.8, 4) is 0 Å². The molecule has 1 aliphatic heterocycles. The molecule has 0 aromatic heterocycles. The van der Waals surface area contributed by atoms with Crippen molar-refractivity contribution in [2.24, 2.45) is 0 Å². The molecule has 0 spiro atoms. The summed E-state index contributed by atoms with van der Waals surface area (Å²) in [5, 5.41) is 10.4. The molecule has 1 rings (SSSR count). The van der Waals surface area contributed by atoms with E-state index in [1.54, 1.807) is 6.92 Å². The van der Waals surface area contributed by atoms with E-state index in [1.807, 2.05) is 0 Å². The van der Waals surface area contributed by atoms with Gasteiger partial charge in [0.15, 0.2) is 5.78 Å². The van der Waals surface area contributed by atoms with Gasteiger partial charge < -0.3 is 15.2 Å². The van der Waals surface area contributed by atoms with Crippen LogP contribution in [0.5, 0.6) is 0 Å². The fourth-order valence-corrected chi connectivity index (χ4v) is 0.992. The Morgan fingerprint density at radius 1 is 1.82 bits per heavy atom. The van der Waals surface area contributed by atoms with Crippen molar-refractivity contribution in [2.75, 3.05) is 6.61 Å². The van der Waals surface area contributed by atoms with Gasteiger partial charge in [0.1, 0.15) is 12.6 Å². The molecular formula is C6H9NO4. The Bertz CT molecular complexity index is 191. The third-order valence-electron chi connectivity index (χ3n) is 1.58. The number of carbonyl (C=O) groups is 2. The van der Waals surface area contributed by atoms with E-state index in [1.165, 1.54) is 0 Å². The maximum atomic E-state index is 10.9. The number of carboxylic acid groups (broad SMARTS) is 1. The summed E-state index contributed by atoms with van der Waals surface area (Å²) in [4.78, 5) is 21.0. The molecule has 2 N–H and O–H groups in total. The highest BCUT2D eigenvalue weighted by molar-refractivity contribution is 5.90. The molecular weight excluding hydrogens is 150 g/mol. The van der Waals surface area contributed by atoms with Crippen LogP contribution in [0, 0.1) is 0 Å². The lowest BCUT2D eigenvalue weighted by molar-refractivity contribution is -0.119. The number of ether oxygens (including phenoxy) is 1. The summed E-state index contributed by atoms with van der Waals surface area (Å²) in [5.74, 6) is -0.208. The van der Waals surface area contributed by atoms with Crippen LogP contribution in [0.2, 0.25) is 0 Å². The minimum Gasteiger partial charge on any atom is -0.465 e. The number of nitrogens with one attached hydrogen (secondary N) is 1. The standard InChI is InChI=1S/C6H9NO4/c1-3-5(7-6(9)10)4(8)2-11-3/h3,5,7H,2H2,1H3,(H,9,10)/t3-,5+/m0/s1. The predicted molar refractivity (Wildman–Crippen MR) is 35.4 cm³/mol. The van der Waals surface area contributed by atoms with E-state index >= 15 is 0 Å². The topological polar surface area (TPSA) is 75.6 Å². The zero-order valence-corrected chi connectivity index (χ0v) is 6.03. The van der Waals surface area contributed by atoms with Crippen LogP contribution >= 0.6 is 0 Å². The van der Waals surface area contributed by atoms with Gasteiger partial charge >= 0.3 is 6.09 Å². The molecule has 5 nitrogen and oxygen atoms in total. The first-order chi connectivity index (χ1) is 5.11. The van der Waals surface area contributed by atoms with Crippen molar-refractivity contribution < 1.29 is 19.4 Å². The van der Waals surface area contributed by atoms with Crippen LogP contribution in [0.15, 0.2) is 0 Å². The quantitative estimate of drug-likeness (QED) is 0.546. The van der Waals surface area contributed by atoms with Gasteiger partial charge in [0, 0.05) is 0 Å². The fourth-order valence-electron chi connectivity index (χ4n) is 0.992. The molecule has 0 bridgehead atoms. The third kappa shape index (κ3) is 1.68. The van der Waals surface area contributed by atoms with Gasteiger partial charge in [-0.05, 0) is 6.92 Å².